The molecule has 0 amide bonds. The predicted octanol–water partition coefficient (Wildman–Crippen LogP) is -0.0629. The maximum atomic E-state index is 4.47. The van der Waals surface area contributed by atoms with Crippen molar-refractivity contribution in [3.63, 3.8) is 0 Å². The first-order valence-corrected chi connectivity index (χ1v) is 6.00. The van der Waals surface area contributed by atoms with Crippen LogP contribution in [-0.4, -0.2) is 37.7 Å². The van der Waals surface area contributed by atoms with Crippen molar-refractivity contribution in [3.8, 4) is 0 Å². The second-order valence-electron chi connectivity index (χ2n) is 4.39. The molecule has 2 aliphatic rings. The van der Waals surface area contributed by atoms with Crippen LogP contribution in [0.15, 0.2) is 6.07 Å². The van der Waals surface area contributed by atoms with Crippen molar-refractivity contribution in [1.29, 1.82) is 0 Å². The highest BCUT2D eigenvalue weighted by atomic mass is 15.2. The molecule has 3 heterocycles. The molecule has 1 saturated heterocycles. The molecule has 4 nitrogen and oxygen atoms in total. The fraction of sp³-hybridized carbons (Fsp3) is 0.583. The van der Waals surface area contributed by atoms with E-state index >= 15 is 0 Å². The minimum Gasteiger partial charge on any atom is -0.367 e. The molecule has 1 fully saturated rings. The van der Waals surface area contributed by atoms with Crippen LogP contribution in [0.25, 0.3) is 0 Å². The summed E-state index contributed by atoms with van der Waals surface area (Å²) in [7, 11) is 0. The Morgan fingerprint density at radius 1 is 1.19 bits per heavy atom. The highest BCUT2D eigenvalue weighted by molar-refractivity contribution is 5.47. The van der Waals surface area contributed by atoms with Crippen LogP contribution in [0, 0.1) is 6.20 Å². The third-order valence-corrected chi connectivity index (χ3v) is 3.30. The zero-order valence-corrected chi connectivity index (χ0v) is 9.42. The highest BCUT2D eigenvalue weighted by Crippen LogP contribution is 2.19. The number of rotatable bonds is 1. The predicted molar refractivity (Wildman–Crippen MR) is 63.6 cm³/mol. The normalized spacial score (nSPS) is 20.6. The van der Waals surface area contributed by atoms with E-state index in [4.69, 9.17) is 0 Å². The molecule has 0 aliphatic carbocycles. The topological polar surface area (TPSA) is 40.2 Å². The van der Waals surface area contributed by atoms with Crippen molar-refractivity contribution in [1.82, 2.24) is 15.6 Å². The summed E-state index contributed by atoms with van der Waals surface area (Å²) in [5.74, 6) is 0. The Balaban J connectivity index is 1.84. The summed E-state index contributed by atoms with van der Waals surface area (Å²) < 4.78 is 0. The van der Waals surface area contributed by atoms with Gasteiger partial charge in [0.15, 0.2) is 0 Å². The van der Waals surface area contributed by atoms with Gasteiger partial charge < -0.3 is 15.5 Å². The molecule has 2 N–H and O–H groups in total. The monoisotopic (exact) mass is 217 g/mol. The van der Waals surface area contributed by atoms with Gasteiger partial charge in [-0.25, -0.2) is 4.98 Å². The maximum absolute atomic E-state index is 4.47. The summed E-state index contributed by atoms with van der Waals surface area (Å²) in [5, 5.41) is 6.74. The Labute approximate surface area is 96.1 Å². The molecule has 3 rings (SSSR count). The molecule has 0 bridgehead atoms. The number of hydrogen-bond donors (Lipinski definition) is 2. The van der Waals surface area contributed by atoms with Crippen LogP contribution >= 0.6 is 0 Å². The third-order valence-electron chi connectivity index (χ3n) is 3.30. The molecule has 0 unspecified atom stereocenters. The van der Waals surface area contributed by atoms with Crippen molar-refractivity contribution in [2.24, 2.45) is 0 Å². The number of piperazine rings is 1. The third kappa shape index (κ3) is 1.90. The Kier molecular flexibility index (Phi) is 2.76. The van der Waals surface area contributed by atoms with E-state index in [-0.39, 0.29) is 0 Å². The number of aromatic nitrogens is 1. The van der Waals surface area contributed by atoms with Crippen molar-refractivity contribution in [2.75, 3.05) is 37.6 Å². The van der Waals surface area contributed by atoms with Gasteiger partial charge in [0.1, 0.15) is 6.20 Å². The molecule has 0 saturated carbocycles. The highest BCUT2D eigenvalue weighted by Gasteiger charge is 2.15. The average Bonchev–Trinajstić information content (AvgIpc) is 2.39. The smallest absolute Gasteiger partial charge is 0.114 e. The molecule has 0 aromatic carbocycles. The summed E-state index contributed by atoms with van der Waals surface area (Å²) in [6.07, 6.45) is 4.22. The van der Waals surface area contributed by atoms with E-state index < -0.39 is 0 Å². The zero-order chi connectivity index (χ0) is 10.8. The van der Waals surface area contributed by atoms with E-state index in [1.165, 1.54) is 11.3 Å². The minimum absolute atomic E-state index is 0.954. The molecule has 1 aromatic heterocycles. The summed E-state index contributed by atoms with van der Waals surface area (Å²) in [6, 6.07) is 2.25. The maximum Gasteiger partial charge on any atom is 0.114 e. The average molecular weight is 217 g/mol. The number of hydrogen-bond acceptors (Lipinski definition) is 4. The summed E-state index contributed by atoms with van der Waals surface area (Å²) in [6.45, 7) is 6.23. The Morgan fingerprint density at radius 3 is 2.94 bits per heavy atom. The van der Waals surface area contributed by atoms with Crippen molar-refractivity contribution >= 4 is 5.69 Å². The van der Waals surface area contributed by atoms with Gasteiger partial charge >= 0.3 is 0 Å². The summed E-state index contributed by atoms with van der Waals surface area (Å²) >= 11 is 0. The second-order valence-corrected chi connectivity index (χ2v) is 4.39. The van der Waals surface area contributed by atoms with Crippen LogP contribution in [-0.2, 0) is 13.0 Å². The molecular weight excluding hydrogens is 200 g/mol. The second kappa shape index (κ2) is 4.39. The van der Waals surface area contributed by atoms with Gasteiger partial charge in [-0.15, -0.1) is 0 Å². The number of pyridine rings is 1. The fourth-order valence-corrected chi connectivity index (χ4v) is 2.34. The first kappa shape index (κ1) is 10.1. The van der Waals surface area contributed by atoms with Crippen molar-refractivity contribution in [2.45, 2.75) is 13.0 Å². The Morgan fingerprint density at radius 2 is 2.06 bits per heavy atom. The number of nitrogens with zero attached hydrogens (tertiary/aromatic N) is 2. The van der Waals surface area contributed by atoms with Gasteiger partial charge in [0.2, 0.25) is 0 Å². The number of fused-ring (bicyclic) bond motifs is 1. The lowest BCUT2D eigenvalue weighted by Gasteiger charge is -2.30. The standard InChI is InChI=1S/C12H17N4/c1-2-14-8-10-7-11(9-15-12(1)10)16-5-3-13-4-6-16/h7,13-14H,1-6,8H2. The van der Waals surface area contributed by atoms with Crippen LogP contribution < -0.4 is 15.5 Å². The van der Waals surface area contributed by atoms with Gasteiger partial charge in [-0.2, -0.15) is 0 Å². The van der Waals surface area contributed by atoms with E-state index in [2.05, 4.69) is 32.8 Å². The van der Waals surface area contributed by atoms with Crippen LogP contribution in [0.5, 0.6) is 0 Å². The Bertz CT molecular complexity index is 371. The molecule has 1 radical (unpaired) electrons. The fourth-order valence-electron chi connectivity index (χ4n) is 2.34. The lowest BCUT2D eigenvalue weighted by Crippen LogP contribution is -2.43. The summed E-state index contributed by atoms with van der Waals surface area (Å²) in [4.78, 5) is 6.83. The van der Waals surface area contributed by atoms with Crippen LogP contribution in [0.3, 0.4) is 0 Å². The molecule has 16 heavy (non-hydrogen) atoms. The SMILES string of the molecule is [c]1nc2c(cc1N1CCNCC1)CNCC2. The van der Waals surface area contributed by atoms with E-state index in [1.807, 2.05) is 0 Å². The van der Waals surface area contributed by atoms with Gasteiger partial charge in [-0.3, -0.25) is 0 Å². The molecule has 2 aliphatic heterocycles. The van der Waals surface area contributed by atoms with Gasteiger partial charge in [-0.05, 0) is 11.6 Å². The van der Waals surface area contributed by atoms with Gasteiger partial charge in [-0.1, -0.05) is 0 Å². The van der Waals surface area contributed by atoms with Crippen molar-refractivity contribution < 1.29 is 0 Å². The lowest BCUT2D eigenvalue weighted by atomic mass is 10.1. The number of nitrogens with one attached hydrogen (secondary N) is 2. The van der Waals surface area contributed by atoms with Gasteiger partial charge in [0.25, 0.3) is 0 Å². The molecular formula is C12H17N4. The summed E-state index contributed by atoms with van der Waals surface area (Å²) in [5.41, 5.74) is 3.72. The largest absolute Gasteiger partial charge is 0.367 e. The van der Waals surface area contributed by atoms with E-state index in [1.54, 1.807) is 0 Å². The van der Waals surface area contributed by atoms with Crippen LogP contribution in [0.4, 0.5) is 5.69 Å². The van der Waals surface area contributed by atoms with Gasteiger partial charge in [0, 0.05) is 51.4 Å². The minimum atomic E-state index is 0.954. The molecule has 0 spiro atoms. The first-order valence-electron chi connectivity index (χ1n) is 6.00. The molecule has 1 aromatic rings. The number of anilines is 1. The van der Waals surface area contributed by atoms with E-state index in [9.17, 15) is 0 Å². The van der Waals surface area contributed by atoms with Crippen LogP contribution in [0.1, 0.15) is 11.3 Å². The molecule has 4 heteroatoms. The Hall–Kier alpha value is -1.13. The molecule has 0 atom stereocenters. The first-order chi connectivity index (χ1) is 7.93. The van der Waals surface area contributed by atoms with Crippen molar-refractivity contribution in [3.05, 3.63) is 23.5 Å². The van der Waals surface area contributed by atoms with Crippen LogP contribution in [0.2, 0.25) is 0 Å². The lowest BCUT2D eigenvalue weighted by molar-refractivity contribution is 0.585. The van der Waals surface area contributed by atoms with E-state index in [0.717, 1.165) is 51.4 Å². The quantitative estimate of drug-likeness (QED) is 0.691. The van der Waals surface area contributed by atoms with E-state index in [0.29, 0.717) is 0 Å². The molecule has 85 valence electrons. The zero-order valence-electron chi connectivity index (χ0n) is 9.42. The van der Waals surface area contributed by atoms with Gasteiger partial charge in [0.05, 0.1) is 5.69 Å².